The quantitative estimate of drug-likeness (QED) is 0.274. The Bertz CT molecular complexity index is 1380. The van der Waals surface area contributed by atoms with Gasteiger partial charge in [0.15, 0.2) is 0 Å². The zero-order valence-corrected chi connectivity index (χ0v) is 25.6. The van der Waals surface area contributed by atoms with Crippen molar-refractivity contribution in [2.45, 2.75) is 57.1 Å². The predicted octanol–water partition coefficient (Wildman–Crippen LogP) is 5.38. The Morgan fingerprint density at radius 2 is 1.62 bits per heavy atom. The molecule has 214 valence electrons. The van der Waals surface area contributed by atoms with Crippen molar-refractivity contribution in [2.24, 2.45) is 0 Å². The number of hydrogen-bond acceptors (Lipinski definition) is 5. The van der Waals surface area contributed by atoms with E-state index in [0.717, 1.165) is 20.8 Å². The van der Waals surface area contributed by atoms with E-state index < -0.39 is 28.5 Å². The number of amides is 2. The maximum Gasteiger partial charge on any atom is 0.264 e. The van der Waals surface area contributed by atoms with Gasteiger partial charge in [0.1, 0.15) is 18.3 Å². The van der Waals surface area contributed by atoms with E-state index in [1.807, 2.05) is 32.9 Å². The summed E-state index contributed by atoms with van der Waals surface area (Å²) in [5.74, 6) is -0.171. The first kappa shape index (κ1) is 31.2. The minimum atomic E-state index is -4.10. The van der Waals surface area contributed by atoms with Gasteiger partial charge in [0.05, 0.1) is 17.7 Å². The number of nitrogens with zero attached hydrogens (tertiary/aromatic N) is 2. The van der Waals surface area contributed by atoms with Gasteiger partial charge in [0.25, 0.3) is 10.0 Å². The van der Waals surface area contributed by atoms with E-state index in [1.165, 1.54) is 17.0 Å². The van der Waals surface area contributed by atoms with Gasteiger partial charge in [0, 0.05) is 17.1 Å². The normalized spacial score (nSPS) is 12.7. The van der Waals surface area contributed by atoms with E-state index in [0.29, 0.717) is 17.9 Å². The van der Waals surface area contributed by atoms with Crippen LogP contribution in [-0.4, -0.2) is 50.9 Å². The molecular formula is C30H36BrN3O5S. The summed E-state index contributed by atoms with van der Waals surface area (Å²) >= 11 is 3.38. The van der Waals surface area contributed by atoms with Crippen LogP contribution in [0.3, 0.4) is 0 Å². The summed E-state index contributed by atoms with van der Waals surface area (Å²) < 4.78 is 34.9. The molecule has 3 rings (SSSR count). The van der Waals surface area contributed by atoms with Crippen molar-refractivity contribution in [1.29, 1.82) is 0 Å². The molecule has 3 aromatic rings. The number of nitrogens with one attached hydrogen (secondary N) is 1. The van der Waals surface area contributed by atoms with Gasteiger partial charge in [0.2, 0.25) is 11.8 Å². The topological polar surface area (TPSA) is 96.0 Å². The van der Waals surface area contributed by atoms with Crippen molar-refractivity contribution in [2.75, 3.05) is 18.0 Å². The summed E-state index contributed by atoms with van der Waals surface area (Å²) in [4.78, 5) is 29.0. The molecule has 2 amide bonds. The molecule has 0 spiro atoms. The number of ether oxygens (including phenoxy) is 1. The summed E-state index contributed by atoms with van der Waals surface area (Å²) in [6.07, 6.45) is 1.08. The summed E-state index contributed by atoms with van der Waals surface area (Å²) in [6.45, 7) is 5.31. The van der Waals surface area contributed by atoms with E-state index in [4.69, 9.17) is 4.74 Å². The van der Waals surface area contributed by atoms with Gasteiger partial charge < -0.3 is 15.0 Å². The van der Waals surface area contributed by atoms with Crippen LogP contribution >= 0.6 is 15.9 Å². The molecule has 0 heterocycles. The van der Waals surface area contributed by atoms with Crippen LogP contribution in [-0.2, 0) is 26.2 Å². The number of halogens is 1. The van der Waals surface area contributed by atoms with E-state index in [-0.39, 0.29) is 23.4 Å². The Morgan fingerprint density at radius 1 is 0.950 bits per heavy atom. The number of anilines is 1. The van der Waals surface area contributed by atoms with Crippen molar-refractivity contribution in [3.05, 3.63) is 88.9 Å². The molecule has 0 bridgehead atoms. The molecule has 0 fully saturated rings. The van der Waals surface area contributed by atoms with E-state index in [9.17, 15) is 18.0 Å². The van der Waals surface area contributed by atoms with Crippen molar-refractivity contribution >= 4 is 43.5 Å². The molecule has 0 saturated carbocycles. The highest BCUT2D eigenvalue weighted by Gasteiger charge is 2.34. The van der Waals surface area contributed by atoms with Crippen LogP contribution in [0.15, 0.2) is 88.2 Å². The fourth-order valence-electron chi connectivity index (χ4n) is 4.18. The first-order valence-electron chi connectivity index (χ1n) is 13.2. The lowest BCUT2D eigenvalue weighted by atomic mass is 10.1. The first-order valence-corrected chi connectivity index (χ1v) is 15.4. The predicted molar refractivity (Wildman–Crippen MR) is 161 cm³/mol. The fourth-order valence-corrected chi connectivity index (χ4v) is 5.88. The number of benzene rings is 3. The van der Waals surface area contributed by atoms with Crippen molar-refractivity contribution in [1.82, 2.24) is 10.2 Å². The smallest absolute Gasteiger partial charge is 0.264 e. The number of carbonyl (C=O) groups is 2. The third-order valence-corrected chi connectivity index (χ3v) is 8.92. The zero-order valence-electron chi connectivity index (χ0n) is 23.2. The van der Waals surface area contributed by atoms with Crippen LogP contribution in [0.1, 0.15) is 39.2 Å². The van der Waals surface area contributed by atoms with Gasteiger partial charge >= 0.3 is 0 Å². The van der Waals surface area contributed by atoms with Gasteiger partial charge in [-0.3, -0.25) is 13.9 Å². The molecule has 10 heteroatoms. The van der Waals surface area contributed by atoms with Gasteiger partial charge in [-0.15, -0.1) is 0 Å². The molecule has 3 aromatic carbocycles. The van der Waals surface area contributed by atoms with Crippen LogP contribution in [0.5, 0.6) is 5.75 Å². The van der Waals surface area contributed by atoms with Crippen LogP contribution < -0.4 is 14.4 Å². The third kappa shape index (κ3) is 7.85. The van der Waals surface area contributed by atoms with E-state index >= 15 is 0 Å². The molecule has 1 N–H and O–H groups in total. The molecule has 2 atom stereocenters. The lowest BCUT2D eigenvalue weighted by Crippen LogP contribution is -2.53. The Kier molecular flexibility index (Phi) is 11.2. The summed E-state index contributed by atoms with van der Waals surface area (Å²) in [6, 6.07) is 21.1. The number of sulfonamides is 1. The Balaban J connectivity index is 2.05. The molecule has 0 aliphatic heterocycles. The van der Waals surface area contributed by atoms with Crippen molar-refractivity contribution in [3.8, 4) is 5.75 Å². The summed E-state index contributed by atoms with van der Waals surface area (Å²) in [7, 11) is -2.55. The number of hydrogen-bond donors (Lipinski definition) is 1. The maximum atomic E-state index is 14.1. The second kappa shape index (κ2) is 14.3. The largest absolute Gasteiger partial charge is 0.497 e. The Hall–Kier alpha value is -3.37. The average Bonchev–Trinajstić information content (AvgIpc) is 2.96. The molecule has 0 aliphatic rings. The van der Waals surface area contributed by atoms with Crippen LogP contribution in [0.2, 0.25) is 0 Å². The highest BCUT2D eigenvalue weighted by atomic mass is 79.9. The highest BCUT2D eigenvalue weighted by molar-refractivity contribution is 9.10. The second-order valence-corrected chi connectivity index (χ2v) is 12.2. The molecule has 0 saturated heterocycles. The van der Waals surface area contributed by atoms with Gasteiger partial charge in [-0.1, -0.05) is 60.1 Å². The van der Waals surface area contributed by atoms with Crippen LogP contribution in [0.4, 0.5) is 5.69 Å². The average molecular weight is 631 g/mol. The zero-order chi connectivity index (χ0) is 29.3. The van der Waals surface area contributed by atoms with Gasteiger partial charge in [-0.25, -0.2) is 8.42 Å². The number of methoxy groups -OCH3 is 1. The highest BCUT2D eigenvalue weighted by Crippen LogP contribution is 2.26. The molecule has 0 aliphatic carbocycles. The molecular weight excluding hydrogens is 594 g/mol. The van der Waals surface area contributed by atoms with Crippen molar-refractivity contribution in [3.63, 3.8) is 0 Å². The molecule has 0 unspecified atom stereocenters. The van der Waals surface area contributed by atoms with Crippen LogP contribution in [0, 0.1) is 0 Å². The minimum absolute atomic E-state index is 0.0617. The first-order chi connectivity index (χ1) is 19.1. The lowest BCUT2D eigenvalue weighted by molar-refractivity contribution is -0.140. The second-order valence-electron chi connectivity index (χ2n) is 9.42. The fraction of sp³-hybridized carbons (Fsp3) is 0.333. The van der Waals surface area contributed by atoms with E-state index in [1.54, 1.807) is 61.7 Å². The summed E-state index contributed by atoms with van der Waals surface area (Å²) in [5, 5.41) is 2.98. The molecule has 40 heavy (non-hydrogen) atoms. The third-order valence-electron chi connectivity index (χ3n) is 6.60. The minimum Gasteiger partial charge on any atom is -0.497 e. The van der Waals surface area contributed by atoms with E-state index in [2.05, 4.69) is 21.2 Å². The van der Waals surface area contributed by atoms with Crippen molar-refractivity contribution < 1.29 is 22.7 Å². The lowest BCUT2D eigenvalue weighted by Gasteiger charge is -2.33. The SMILES string of the molecule is CC[C@H](C(=O)N[C@@H](C)CC)N(Cc1cccc(OC)c1)C(=O)CN(c1ccc(Br)cc1)S(=O)(=O)c1ccccc1. The molecule has 0 radical (unpaired) electrons. The summed E-state index contributed by atoms with van der Waals surface area (Å²) in [5.41, 5.74) is 1.09. The van der Waals surface area contributed by atoms with Gasteiger partial charge in [-0.2, -0.15) is 0 Å². The standard InChI is InChI=1S/C30H36BrN3O5S/c1-5-22(3)32-30(36)28(6-2)33(20-23-11-10-12-26(19-23)39-4)29(35)21-34(25-17-15-24(31)16-18-25)40(37,38)27-13-8-7-9-14-27/h7-19,22,28H,5-6,20-21H2,1-4H3,(H,32,36)/t22-,28+/m0/s1. The number of rotatable bonds is 13. The Morgan fingerprint density at radius 3 is 2.23 bits per heavy atom. The maximum absolute atomic E-state index is 14.1. The molecule has 8 nitrogen and oxygen atoms in total. The number of carbonyl (C=O) groups excluding carboxylic acids is 2. The molecule has 0 aromatic heterocycles. The Labute approximate surface area is 245 Å². The van der Waals surface area contributed by atoms with Gasteiger partial charge in [-0.05, 0) is 73.9 Å². The van der Waals surface area contributed by atoms with Crippen LogP contribution in [0.25, 0.3) is 0 Å². The monoisotopic (exact) mass is 629 g/mol.